The molecule has 7 heteroatoms. The monoisotopic (exact) mass is 274 g/mol. The molecule has 2 atom stereocenters. The molecule has 1 aliphatic heterocycles. The van der Waals surface area contributed by atoms with Crippen molar-refractivity contribution < 1.29 is 17.9 Å². The van der Waals surface area contributed by atoms with Gasteiger partial charge in [-0.2, -0.15) is 4.31 Å². The molecule has 18 heavy (non-hydrogen) atoms. The molecular formula is C11H15FN2O3S. The van der Waals surface area contributed by atoms with E-state index in [2.05, 4.69) is 4.98 Å². The van der Waals surface area contributed by atoms with Gasteiger partial charge in [-0.1, -0.05) is 0 Å². The number of nitrogens with zero attached hydrogens (tertiary/aromatic N) is 2. The molecule has 0 amide bonds. The van der Waals surface area contributed by atoms with Gasteiger partial charge in [0.05, 0.1) is 6.10 Å². The quantitative estimate of drug-likeness (QED) is 0.877. The minimum absolute atomic E-state index is 0.105. The Bertz CT molecular complexity index is 533. The summed E-state index contributed by atoms with van der Waals surface area (Å²) in [5.41, 5.74) is 0. The van der Waals surface area contributed by atoms with Crippen molar-refractivity contribution in [1.82, 2.24) is 9.29 Å². The van der Waals surface area contributed by atoms with Crippen molar-refractivity contribution in [2.24, 2.45) is 5.92 Å². The highest BCUT2D eigenvalue weighted by molar-refractivity contribution is 7.89. The van der Waals surface area contributed by atoms with E-state index in [1.54, 1.807) is 6.92 Å². The average Bonchev–Trinajstić information content (AvgIpc) is 2.79. The lowest BCUT2D eigenvalue weighted by Gasteiger charge is -2.17. The summed E-state index contributed by atoms with van der Waals surface area (Å²) in [4.78, 5) is 3.60. The standard InChI is InChI=1S/C11H15FN2O3S/c1-8(15)9-4-6-14(7-9)18(16,17)11-10(12)3-2-5-13-11/h2-3,5,8-9,15H,4,6-7H2,1H3. The first kappa shape index (κ1) is 13.4. The number of hydrogen-bond donors (Lipinski definition) is 1. The molecule has 1 saturated heterocycles. The fourth-order valence-corrected chi connectivity index (χ4v) is 3.54. The second kappa shape index (κ2) is 4.91. The van der Waals surface area contributed by atoms with Crippen LogP contribution in [0.3, 0.4) is 0 Å². The summed E-state index contributed by atoms with van der Waals surface area (Å²) >= 11 is 0. The molecule has 2 heterocycles. The van der Waals surface area contributed by atoms with Crippen LogP contribution in [0.15, 0.2) is 23.4 Å². The Morgan fingerprint density at radius 1 is 1.61 bits per heavy atom. The first-order chi connectivity index (χ1) is 8.43. The van der Waals surface area contributed by atoms with E-state index in [4.69, 9.17) is 0 Å². The van der Waals surface area contributed by atoms with E-state index in [0.717, 1.165) is 6.07 Å². The molecule has 100 valence electrons. The van der Waals surface area contributed by atoms with E-state index in [0.29, 0.717) is 6.42 Å². The van der Waals surface area contributed by atoms with E-state index >= 15 is 0 Å². The van der Waals surface area contributed by atoms with E-state index in [9.17, 15) is 17.9 Å². The second-order valence-corrected chi connectivity index (χ2v) is 6.30. The third-order valence-electron chi connectivity index (χ3n) is 3.18. The van der Waals surface area contributed by atoms with Gasteiger partial charge < -0.3 is 5.11 Å². The van der Waals surface area contributed by atoms with Crippen molar-refractivity contribution in [2.45, 2.75) is 24.5 Å². The van der Waals surface area contributed by atoms with Crippen LogP contribution in [0.4, 0.5) is 4.39 Å². The maximum Gasteiger partial charge on any atom is 0.263 e. The van der Waals surface area contributed by atoms with Crippen molar-refractivity contribution in [1.29, 1.82) is 0 Å². The predicted molar refractivity (Wildman–Crippen MR) is 62.7 cm³/mol. The Hall–Kier alpha value is -1.05. The van der Waals surface area contributed by atoms with E-state index in [1.807, 2.05) is 0 Å². The molecule has 1 aromatic heterocycles. The van der Waals surface area contributed by atoms with Gasteiger partial charge >= 0.3 is 0 Å². The fraction of sp³-hybridized carbons (Fsp3) is 0.545. The molecule has 1 fully saturated rings. The molecule has 1 aromatic rings. The summed E-state index contributed by atoms with van der Waals surface area (Å²) in [6.45, 7) is 2.12. The smallest absolute Gasteiger partial charge is 0.263 e. The first-order valence-corrected chi connectivity index (χ1v) is 7.15. The number of hydrogen-bond acceptors (Lipinski definition) is 4. The number of rotatable bonds is 3. The molecule has 0 aliphatic carbocycles. The summed E-state index contributed by atoms with van der Waals surface area (Å²) in [5, 5.41) is 8.90. The maximum absolute atomic E-state index is 13.5. The zero-order valence-electron chi connectivity index (χ0n) is 9.95. The van der Waals surface area contributed by atoms with Crippen LogP contribution in [0, 0.1) is 11.7 Å². The molecule has 1 N–H and O–H groups in total. The fourth-order valence-electron chi connectivity index (χ4n) is 2.05. The number of aliphatic hydroxyl groups excluding tert-OH is 1. The summed E-state index contributed by atoms with van der Waals surface area (Å²) in [5.74, 6) is -0.954. The number of aliphatic hydroxyl groups is 1. The van der Waals surface area contributed by atoms with Crippen LogP contribution in [0.1, 0.15) is 13.3 Å². The zero-order chi connectivity index (χ0) is 13.3. The summed E-state index contributed by atoms with van der Waals surface area (Å²) in [6, 6.07) is 2.42. The summed E-state index contributed by atoms with van der Waals surface area (Å²) in [6.07, 6.45) is 1.25. The lowest BCUT2D eigenvalue weighted by Crippen LogP contribution is -2.31. The molecule has 0 spiro atoms. The Balaban J connectivity index is 2.26. The Kier molecular flexibility index (Phi) is 3.65. The molecule has 5 nitrogen and oxygen atoms in total. The highest BCUT2D eigenvalue weighted by Crippen LogP contribution is 2.26. The molecule has 1 aliphatic rings. The Morgan fingerprint density at radius 2 is 2.33 bits per heavy atom. The average molecular weight is 274 g/mol. The van der Waals surface area contributed by atoms with E-state index in [1.165, 1.54) is 16.6 Å². The van der Waals surface area contributed by atoms with Crippen molar-refractivity contribution in [2.75, 3.05) is 13.1 Å². The molecule has 0 radical (unpaired) electrons. The lowest BCUT2D eigenvalue weighted by molar-refractivity contribution is 0.133. The number of sulfonamides is 1. The van der Waals surface area contributed by atoms with Gasteiger partial charge in [-0.15, -0.1) is 0 Å². The van der Waals surface area contributed by atoms with Crippen LogP contribution >= 0.6 is 0 Å². The highest BCUT2D eigenvalue weighted by Gasteiger charge is 2.36. The zero-order valence-corrected chi connectivity index (χ0v) is 10.8. The van der Waals surface area contributed by atoms with Gasteiger partial charge in [-0.25, -0.2) is 17.8 Å². The molecule has 0 aromatic carbocycles. The van der Waals surface area contributed by atoms with Gasteiger partial charge in [0.1, 0.15) is 0 Å². The van der Waals surface area contributed by atoms with Gasteiger partial charge in [0.2, 0.25) is 5.03 Å². The van der Waals surface area contributed by atoms with Gasteiger partial charge in [-0.05, 0) is 31.4 Å². The molecule has 2 rings (SSSR count). The third kappa shape index (κ3) is 2.38. The van der Waals surface area contributed by atoms with Crippen LogP contribution in [0.5, 0.6) is 0 Å². The molecular weight excluding hydrogens is 259 g/mol. The van der Waals surface area contributed by atoms with Gasteiger partial charge in [-0.3, -0.25) is 0 Å². The normalized spacial score (nSPS) is 23.2. The van der Waals surface area contributed by atoms with Crippen LogP contribution < -0.4 is 0 Å². The summed E-state index contributed by atoms with van der Waals surface area (Å²) < 4.78 is 39.0. The van der Waals surface area contributed by atoms with E-state index < -0.39 is 27.0 Å². The number of aromatic nitrogens is 1. The van der Waals surface area contributed by atoms with Crippen LogP contribution in [-0.4, -0.2) is 42.0 Å². The van der Waals surface area contributed by atoms with Gasteiger partial charge in [0, 0.05) is 19.3 Å². The van der Waals surface area contributed by atoms with Crippen molar-refractivity contribution in [3.63, 3.8) is 0 Å². The second-order valence-electron chi connectivity index (χ2n) is 4.44. The van der Waals surface area contributed by atoms with Crippen molar-refractivity contribution >= 4 is 10.0 Å². The largest absolute Gasteiger partial charge is 0.393 e. The third-order valence-corrected chi connectivity index (χ3v) is 4.98. The SMILES string of the molecule is CC(O)C1CCN(S(=O)(=O)c2ncccc2F)C1. The molecule has 0 bridgehead atoms. The Morgan fingerprint density at radius 3 is 2.89 bits per heavy atom. The van der Waals surface area contributed by atoms with Crippen molar-refractivity contribution in [3.8, 4) is 0 Å². The molecule has 2 unspecified atom stereocenters. The van der Waals surface area contributed by atoms with Crippen molar-refractivity contribution in [3.05, 3.63) is 24.1 Å². The topological polar surface area (TPSA) is 70.5 Å². The predicted octanol–water partition coefficient (Wildman–Crippen LogP) is 0.612. The first-order valence-electron chi connectivity index (χ1n) is 5.71. The highest BCUT2D eigenvalue weighted by atomic mass is 32.2. The van der Waals surface area contributed by atoms with Crippen LogP contribution in [-0.2, 0) is 10.0 Å². The minimum Gasteiger partial charge on any atom is -0.393 e. The van der Waals surface area contributed by atoms with Gasteiger partial charge in [0.25, 0.3) is 10.0 Å². The number of pyridine rings is 1. The Labute approximate surface area is 105 Å². The van der Waals surface area contributed by atoms with Crippen LogP contribution in [0.2, 0.25) is 0 Å². The van der Waals surface area contributed by atoms with Gasteiger partial charge in [0.15, 0.2) is 5.82 Å². The number of halogens is 1. The van der Waals surface area contributed by atoms with Crippen LogP contribution in [0.25, 0.3) is 0 Å². The lowest BCUT2D eigenvalue weighted by atomic mass is 10.0. The summed E-state index contributed by atoms with van der Waals surface area (Å²) in [7, 11) is -3.90. The molecule has 0 saturated carbocycles. The minimum atomic E-state index is -3.90. The van der Waals surface area contributed by atoms with E-state index in [-0.39, 0.29) is 19.0 Å². The maximum atomic E-state index is 13.5.